The number of nitrogens with zero attached hydrogens (tertiary/aromatic N) is 3. The smallest absolute Gasteiger partial charge is 0.265 e. The van der Waals surface area contributed by atoms with Crippen molar-refractivity contribution in [2.75, 3.05) is 0 Å². The van der Waals surface area contributed by atoms with Gasteiger partial charge in [-0.1, -0.05) is 42.3 Å². The highest BCUT2D eigenvalue weighted by atomic mass is 32.1. The number of amidine groups is 1. The fourth-order valence-electron chi connectivity index (χ4n) is 2.75. The molecule has 1 aromatic rings. The number of aromatic nitrogens is 2. The molecule has 0 aromatic carbocycles. The van der Waals surface area contributed by atoms with Gasteiger partial charge in [-0.05, 0) is 30.8 Å². The van der Waals surface area contributed by atoms with Crippen molar-refractivity contribution in [3.63, 3.8) is 0 Å². The van der Waals surface area contributed by atoms with Crippen molar-refractivity contribution >= 4 is 23.3 Å². The molecule has 7 nitrogen and oxygen atoms in total. The Morgan fingerprint density at radius 1 is 1.48 bits per heavy atom. The summed E-state index contributed by atoms with van der Waals surface area (Å²) in [6, 6.07) is 0. The summed E-state index contributed by atoms with van der Waals surface area (Å²) >= 11 is 1.09. The van der Waals surface area contributed by atoms with Gasteiger partial charge in [-0.2, -0.15) is 0 Å². The standard InChI is InChI=1S/C13H21N5O2S/c1-2-6-9-10(21-18-16-9)11(19)15-13(12(14)17-20)7-4-3-5-8-13/h20H,2-8H2,1H3,(H2,14,17)(H,15,19). The molecule has 1 aliphatic rings. The topological polar surface area (TPSA) is 113 Å². The Hall–Kier alpha value is -1.70. The number of hydrogen-bond donors (Lipinski definition) is 3. The zero-order chi connectivity index (χ0) is 15.3. The third-order valence-electron chi connectivity index (χ3n) is 3.91. The van der Waals surface area contributed by atoms with E-state index in [1.54, 1.807) is 0 Å². The second kappa shape index (κ2) is 6.84. The van der Waals surface area contributed by atoms with Crippen LogP contribution in [0.1, 0.15) is 60.8 Å². The Kier molecular flexibility index (Phi) is 5.11. The van der Waals surface area contributed by atoms with Crippen LogP contribution in [-0.4, -0.2) is 32.1 Å². The molecule has 1 aromatic heterocycles. The minimum absolute atomic E-state index is 0.0741. The largest absolute Gasteiger partial charge is 0.409 e. The predicted molar refractivity (Wildman–Crippen MR) is 80.6 cm³/mol. The van der Waals surface area contributed by atoms with Crippen LogP contribution < -0.4 is 11.1 Å². The number of oxime groups is 1. The number of nitrogens with two attached hydrogens (primary N) is 1. The van der Waals surface area contributed by atoms with Crippen LogP contribution in [-0.2, 0) is 6.42 Å². The van der Waals surface area contributed by atoms with Crippen molar-refractivity contribution in [1.82, 2.24) is 14.9 Å². The minimum Gasteiger partial charge on any atom is -0.409 e. The Bertz CT molecular complexity index is 522. The van der Waals surface area contributed by atoms with Gasteiger partial charge in [0.05, 0.1) is 5.69 Å². The molecule has 1 heterocycles. The van der Waals surface area contributed by atoms with Crippen LogP contribution in [0.5, 0.6) is 0 Å². The highest BCUT2D eigenvalue weighted by Crippen LogP contribution is 2.29. The van der Waals surface area contributed by atoms with Gasteiger partial charge >= 0.3 is 0 Å². The minimum atomic E-state index is -0.752. The molecule has 0 atom stereocenters. The molecule has 0 saturated heterocycles. The molecule has 116 valence electrons. The van der Waals surface area contributed by atoms with E-state index in [-0.39, 0.29) is 11.7 Å². The Labute approximate surface area is 127 Å². The van der Waals surface area contributed by atoms with Crippen molar-refractivity contribution in [3.8, 4) is 0 Å². The lowest BCUT2D eigenvalue weighted by molar-refractivity contribution is 0.0908. The average Bonchev–Trinajstić information content (AvgIpc) is 2.96. The fraction of sp³-hybridized carbons (Fsp3) is 0.692. The number of aryl methyl sites for hydroxylation is 1. The van der Waals surface area contributed by atoms with E-state index in [0.717, 1.165) is 43.6 Å². The third-order valence-corrected chi connectivity index (χ3v) is 4.67. The van der Waals surface area contributed by atoms with Crippen molar-refractivity contribution in [1.29, 1.82) is 0 Å². The van der Waals surface area contributed by atoms with Gasteiger partial charge in [-0.15, -0.1) is 5.10 Å². The molecule has 0 radical (unpaired) electrons. The average molecular weight is 311 g/mol. The first-order valence-electron chi connectivity index (χ1n) is 7.24. The van der Waals surface area contributed by atoms with Gasteiger partial charge in [0, 0.05) is 0 Å². The Balaban J connectivity index is 2.20. The maximum atomic E-state index is 12.5. The summed E-state index contributed by atoms with van der Waals surface area (Å²) in [7, 11) is 0. The van der Waals surface area contributed by atoms with Crippen LogP contribution in [0.2, 0.25) is 0 Å². The summed E-state index contributed by atoms with van der Waals surface area (Å²) in [6.07, 6.45) is 5.97. The number of hydrogen-bond acceptors (Lipinski definition) is 6. The highest BCUT2D eigenvalue weighted by molar-refractivity contribution is 7.08. The van der Waals surface area contributed by atoms with Crippen LogP contribution in [0.15, 0.2) is 5.16 Å². The summed E-state index contributed by atoms with van der Waals surface area (Å²) < 4.78 is 3.86. The van der Waals surface area contributed by atoms with Gasteiger partial charge < -0.3 is 16.3 Å². The zero-order valence-electron chi connectivity index (χ0n) is 12.1. The van der Waals surface area contributed by atoms with E-state index in [1.807, 2.05) is 6.92 Å². The highest BCUT2D eigenvalue weighted by Gasteiger charge is 2.39. The lowest BCUT2D eigenvalue weighted by Crippen LogP contribution is -2.58. The number of nitrogens with one attached hydrogen (secondary N) is 1. The zero-order valence-corrected chi connectivity index (χ0v) is 12.9. The monoisotopic (exact) mass is 311 g/mol. The molecule has 0 bridgehead atoms. The maximum absolute atomic E-state index is 12.5. The lowest BCUT2D eigenvalue weighted by Gasteiger charge is -2.36. The van der Waals surface area contributed by atoms with Crippen LogP contribution in [0.3, 0.4) is 0 Å². The molecule has 8 heteroatoms. The van der Waals surface area contributed by atoms with Gasteiger partial charge in [-0.3, -0.25) is 4.79 Å². The molecule has 0 aliphatic heterocycles. The molecule has 1 saturated carbocycles. The van der Waals surface area contributed by atoms with Crippen LogP contribution in [0, 0.1) is 0 Å². The Morgan fingerprint density at radius 3 is 2.81 bits per heavy atom. The summed E-state index contributed by atoms with van der Waals surface area (Å²) in [5.41, 5.74) is 5.80. The van der Waals surface area contributed by atoms with Crippen molar-refractivity contribution in [2.24, 2.45) is 10.9 Å². The van der Waals surface area contributed by atoms with Gasteiger partial charge in [0.15, 0.2) is 5.84 Å². The van der Waals surface area contributed by atoms with Crippen LogP contribution in [0.25, 0.3) is 0 Å². The second-order valence-electron chi connectivity index (χ2n) is 5.38. The first kappa shape index (κ1) is 15.7. The van der Waals surface area contributed by atoms with Crippen LogP contribution >= 0.6 is 11.5 Å². The lowest BCUT2D eigenvalue weighted by atomic mass is 9.80. The summed E-state index contributed by atoms with van der Waals surface area (Å²) in [5.74, 6) is -0.160. The van der Waals surface area contributed by atoms with E-state index in [2.05, 4.69) is 20.1 Å². The molecular formula is C13H21N5O2S. The third kappa shape index (κ3) is 3.31. The van der Waals surface area contributed by atoms with Gasteiger partial charge in [-0.25, -0.2) is 0 Å². The van der Waals surface area contributed by atoms with E-state index in [0.29, 0.717) is 23.4 Å². The molecule has 0 spiro atoms. The molecule has 1 aliphatic carbocycles. The van der Waals surface area contributed by atoms with Gasteiger partial charge in [0.25, 0.3) is 5.91 Å². The maximum Gasteiger partial charge on any atom is 0.265 e. The van der Waals surface area contributed by atoms with E-state index in [1.165, 1.54) is 0 Å². The molecule has 0 unspecified atom stereocenters. The second-order valence-corrected chi connectivity index (χ2v) is 6.14. The van der Waals surface area contributed by atoms with Gasteiger partial charge in [0.1, 0.15) is 10.4 Å². The number of carbonyl (C=O) groups is 1. The van der Waals surface area contributed by atoms with Crippen LogP contribution in [0.4, 0.5) is 0 Å². The summed E-state index contributed by atoms with van der Waals surface area (Å²) in [5, 5.41) is 19.1. The number of carbonyl (C=O) groups excluding carboxylic acids is 1. The number of amides is 1. The molecular weight excluding hydrogens is 290 g/mol. The fourth-order valence-corrected chi connectivity index (χ4v) is 3.36. The van der Waals surface area contributed by atoms with Crippen molar-refractivity contribution in [3.05, 3.63) is 10.6 Å². The Morgan fingerprint density at radius 2 is 2.19 bits per heavy atom. The van der Waals surface area contributed by atoms with E-state index >= 15 is 0 Å². The first-order valence-corrected chi connectivity index (χ1v) is 8.02. The van der Waals surface area contributed by atoms with E-state index in [9.17, 15) is 4.79 Å². The van der Waals surface area contributed by atoms with Crippen molar-refractivity contribution in [2.45, 2.75) is 57.4 Å². The quantitative estimate of drug-likeness (QED) is 0.331. The first-order chi connectivity index (χ1) is 10.1. The molecule has 4 N–H and O–H groups in total. The molecule has 1 fully saturated rings. The summed E-state index contributed by atoms with van der Waals surface area (Å²) in [6.45, 7) is 2.03. The van der Waals surface area contributed by atoms with Crippen molar-refractivity contribution < 1.29 is 10.0 Å². The number of rotatable bonds is 5. The SMILES string of the molecule is CCCc1nnsc1C(=O)NC1(C(N)=NO)CCCCC1. The van der Waals surface area contributed by atoms with E-state index in [4.69, 9.17) is 10.9 Å². The normalized spacial score (nSPS) is 18.4. The molecule has 1 amide bonds. The molecule has 21 heavy (non-hydrogen) atoms. The predicted octanol–water partition coefficient (Wildman–Crippen LogP) is 1.67. The van der Waals surface area contributed by atoms with E-state index < -0.39 is 5.54 Å². The summed E-state index contributed by atoms with van der Waals surface area (Å²) in [4.78, 5) is 13.0. The molecule has 2 rings (SSSR count). The van der Waals surface area contributed by atoms with Gasteiger partial charge in [0.2, 0.25) is 0 Å².